The molecule has 0 N–H and O–H groups in total. The van der Waals surface area contributed by atoms with E-state index in [9.17, 15) is 57.3 Å². The molecule has 0 amide bonds. The zero-order valence-electron chi connectivity index (χ0n) is 35.5. The lowest BCUT2D eigenvalue weighted by Gasteiger charge is -2.06. The normalized spacial score (nSPS) is 10.7. The molecular formula is C47H33N11O11. The molecule has 7 heterocycles. The van der Waals surface area contributed by atoms with Crippen LogP contribution in [0.2, 0.25) is 0 Å². The fourth-order valence-corrected chi connectivity index (χ4v) is 7.15. The number of nitrogens with zero attached hydrogens (tertiary/aromatic N) is 11. The first-order valence-electron chi connectivity index (χ1n) is 20.3. The van der Waals surface area contributed by atoms with Crippen molar-refractivity contribution in [1.82, 2.24) is 0 Å². The molecule has 0 fully saturated rings. The summed E-state index contributed by atoms with van der Waals surface area (Å²) in [6.07, 6.45) is 8.24. The van der Waals surface area contributed by atoms with E-state index in [4.69, 9.17) is 0 Å². The minimum absolute atomic E-state index is 0.0454. The summed E-state index contributed by atoms with van der Waals surface area (Å²) in [6.45, 7) is 0. The van der Waals surface area contributed by atoms with Crippen molar-refractivity contribution < 1.29 is 52.0 Å². The maximum absolute atomic E-state index is 12.0. The van der Waals surface area contributed by atoms with E-state index in [0.717, 1.165) is 54.6 Å². The molecule has 0 bridgehead atoms. The van der Waals surface area contributed by atoms with Crippen LogP contribution in [0.3, 0.4) is 0 Å². The monoisotopic (exact) mass is 927 g/mol. The highest BCUT2D eigenvalue weighted by Gasteiger charge is 2.27. The number of hydrogen-bond donors (Lipinski definition) is 0. The Morgan fingerprint density at radius 2 is 0.565 bits per heavy atom. The van der Waals surface area contributed by atoms with E-state index in [2.05, 4.69) is 0 Å². The van der Waals surface area contributed by atoms with Crippen molar-refractivity contribution in [1.29, 1.82) is 0 Å². The number of pyridine rings is 3. The molecule has 12 rings (SSSR count). The highest BCUT2D eigenvalue weighted by molar-refractivity contribution is 5.88. The standard InChI is InChI=1S/C13H9NO.C12H8N2O2.2C8H6N2O2.C6H4N4O4/c15-14-12-7-3-1-5-10(12)9-11-6-2-4-8-13(11)14;15-13-9-5-1-2-6-10(9)14(16)12-8-4-3-7-11(12)13;11-9-5-1-3-7-4-2-6-10(12)8(7)9;11-9-5-6-10(12)8-4-2-1-3-7(8)9;11-7-3-5-6(10(14)4-7)9(13)2-1-8(5)12/h1-9H;1-8H;2*1-6H;1-4H. The van der Waals surface area contributed by atoms with Gasteiger partial charge in [0.05, 0.1) is 0 Å². The second kappa shape index (κ2) is 19.3. The van der Waals surface area contributed by atoms with Crippen LogP contribution in [0.15, 0.2) is 201 Å². The number of fused-ring (bicyclic) bond motifs is 7. The zero-order valence-corrected chi connectivity index (χ0v) is 35.5. The van der Waals surface area contributed by atoms with E-state index in [1.807, 2.05) is 54.6 Å². The van der Waals surface area contributed by atoms with Gasteiger partial charge >= 0.3 is 23.1 Å². The summed E-state index contributed by atoms with van der Waals surface area (Å²) < 4.78 is 5.72. The van der Waals surface area contributed by atoms with E-state index < -0.39 is 5.65 Å². The number of benzene rings is 5. The molecule has 0 saturated carbocycles. The van der Waals surface area contributed by atoms with Crippen molar-refractivity contribution in [3.05, 3.63) is 259 Å². The minimum atomic E-state index is -0.422. The molecule has 0 spiro atoms. The van der Waals surface area contributed by atoms with Crippen molar-refractivity contribution in [3.63, 3.8) is 0 Å². The molecule has 0 aliphatic heterocycles. The smallest absolute Gasteiger partial charge is 0.552 e. The third-order valence-corrected chi connectivity index (χ3v) is 10.3. The van der Waals surface area contributed by atoms with Crippen LogP contribution < -0.4 is 52.0 Å². The molecular weight excluding hydrogens is 895 g/mol. The van der Waals surface area contributed by atoms with Gasteiger partial charge in [0.2, 0.25) is 29.6 Å². The van der Waals surface area contributed by atoms with Crippen LogP contribution in [-0.4, -0.2) is 0 Å². The summed E-state index contributed by atoms with van der Waals surface area (Å²) in [5.74, 6) is 0. The zero-order chi connectivity index (χ0) is 48.8. The Kier molecular flexibility index (Phi) is 12.6. The van der Waals surface area contributed by atoms with Gasteiger partial charge in [0.25, 0.3) is 45.5 Å². The molecule has 22 nitrogen and oxygen atoms in total. The van der Waals surface area contributed by atoms with Crippen LogP contribution in [-0.2, 0) is 0 Å². The SMILES string of the molecule is [O-][n+]1c2ccccc2[n+]([O-])c2ccccc21.[O-][n+]1c2ccccc2cc2ccccc21.[O-][n+]1cc2c([n+]([O-])cc[n+]2[O-])[n+]([O-])c1.[O-][n+]1cc[n+]([O-])c2ccccc21.[O-][n+]1cccc2ccc[n+]([O-])c21. The predicted octanol–water partition coefficient (Wildman–Crippen LogP) is 1.47. The highest BCUT2D eigenvalue weighted by atomic mass is 16.5. The van der Waals surface area contributed by atoms with Crippen molar-refractivity contribution >= 4 is 77.1 Å². The average Bonchev–Trinajstić information content (AvgIpc) is 3.36. The van der Waals surface area contributed by atoms with Crippen LogP contribution in [0, 0.1) is 57.3 Å². The largest absolute Gasteiger partial charge is 0.618 e. The Morgan fingerprint density at radius 3 is 0.986 bits per heavy atom. The van der Waals surface area contributed by atoms with Gasteiger partial charge in [-0.15, -0.1) is 23.7 Å². The Labute approximate surface area is 386 Å². The molecule has 12 aromatic rings. The van der Waals surface area contributed by atoms with E-state index in [1.54, 1.807) is 97.1 Å². The second-order valence-electron chi connectivity index (χ2n) is 14.6. The van der Waals surface area contributed by atoms with Crippen molar-refractivity contribution in [2.24, 2.45) is 0 Å². The Balaban J connectivity index is 0.000000117. The third-order valence-electron chi connectivity index (χ3n) is 10.3. The van der Waals surface area contributed by atoms with E-state index >= 15 is 0 Å². The maximum atomic E-state index is 12.0. The summed E-state index contributed by atoms with van der Waals surface area (Å²) >= 11 is 0. The van der Waals surface area contributed by atoms with Gasteiger partial charge in [-0.1, -0.05) is 60.7 Å². The number of hydrogen-bond acceptors (Lipinski definition) is 11. The molecule has 0 atom stereocenters. The quantitative estimate of drug-likeness (QED) is 0.119. The van der Waals surface area contributed by atoms with Gasteiger partial charge in [0.15, 0.2) is 12.4 Å². The molecule has 69 heavy (non-hydrogen) atoms. The maximum Gasteiger partial charge on any atom is 0.552 e. The van der Waals surface area contributed by atoms with Gasteiger partial charge in [0, 0.05) is 71.4 Å². The van der Waals surface area contributed by atoms with Gasteiger partial charge in [-0.2, -0.15) is 23.7 Å². The lowest BCUT2D eigenvalue weighted by atomic mass is 10.1. The number of para-hydroxylation sites is 8. The predicted molar refractivity (Wildman–Crippen MR) is 243 cm³/mol. The first kappa shape index (κ1) is 45.1. The van der Waals surface area contributed by atoms with E-state index in [0.29, 0.717) is 63.7 Å². The molecule has 22 heteroatoms. The van der Waals surface area contributed by atoms with Gasteiger partial charge in [-0.05, 0) is 35.1 Å². The number of rotatable bonds is 0. The molecule has 342 valence electrons. The van der Waals surface area contributed by atoms with Crippen LogP contribution in [0.1, 0.15) is 0 Å². The fourth-order valence-electron chi connectivity index (χ4n) is 7.15. The summed E-state index contributed by atoms with van der Waals surface area (Å²) in [5, 5.41) is 127. The van der Waals surface area contributed by atoms with Crippen molar-refractivity contribution in [2.45, 2.75) is 0 Å². The molecule has 0 saturated heterocycles. The lowest BCUT2D eigenvalue weighted by Crippen LogP contribution is -2.51. The van der Waals surface area contributed by atoms with Gasteiger partial charge < -0.3 is 57.3 Å². The Morgan fingerprint density at radius 1 is 0.246 bits per heavy atom. The van der Waals surface area contributed by atoms with Crippen LogP contribution in [0.25, 0.3) is 77.1 Å². The van der Waals surface area contributed by atoms with Crippen molar-refractivity contribution in [2.75, 3.05) is 0 Å². The van der Waals surface area contributed by atoms with Gasteiger partial charge in [0.1, 0.15) is 5.39 Å². The van der Waals surface area contributed by atoms with Crippen LogP contribution in [0.5, 0.6) is 0 Å². The summed E-state index contributed by atoms with van der Waals surface area (Å²) in [6, 6.07) is 44.1. The summed E-state index contributed by atoms with van der Waals surface area (Å²) in [7, 11) is 0. The lowest BCUT2D eigenvalue weighted by molar-refractivity contribution is -0.776. The molecule has 0 aliphatic rings. The fraction of sp³-hybridized carbons (Fsp3) is 0. The summed E-state index contributed by atoms with van der Waals surface area (Å²) in [4.78, 5) is 0. The Hall–Kier alpha value is -10.5. The second-order valence-corrected chi connectivity index (χ2v) is 14.6. The van der Waals surface area contributed by atoms with E-state index in [-0.39, 0.29) is 30.1 Å². The van der Waals surface area contributed by atoms with Gasteiger partial charge in [-0.25, -0.2) is 0 Å². The first-order valence-corrected chi connectivity index (χ1v) is 20.3. The van der Waals surface area contributed by atoms with Gasteiger partial charge in [-0.3, -0.25) is 0 Å². The molecule has 0 aliphatic carbocycles. The molecule has 0 unspecified atom stereocenters. The first-order chi connectivity index (χ1) is 33.3. The minimum Gasteiger partial charge on any atom is -0.618 e. The van der Waals surface area contributed by atoms with Crippen molar-refractivity contribution in [3.8, 4) is 0 Å². The summed E-state index contributed by atoms with van der Waals surface area (Å²) in [5.41, 5.74) is 3.17. The number of aromatic nitrogens is 11. The van der Waals surface area contributed by atoms with Crippen LogP contribution >= 0.6 is 0 Å². The third kappa shape index (κ3) is 9.23. The van der Waals surface area contributed by atoms with Crippen LogP contribution in [0.4, 0.5) is 0 Å². The molecule has 7 aromatic heterocycles. The van der Waals surface area contributed by atoms with E-state index in [1.165, 1.54) is 24.8 Å². The topological polar surface area (TPSA) is 296 Å². The highest BCUT2D eigenvalue weighted by Crippen LogP contribution is 2.17. The molecule has 0 radical (unpaired) electrons. The Bertz CT molecular complexity index is 3620. The molecule has 5 aromatic carbocycles. The average molecular weight is 928 g/mol.